The monoisotopic (exact) mass is 340 g/mol. The van der Waals surface area contributed by atoms with Crippen LogP contribution in [0.15, 0.2) is 30.3 Å². The molecule has 0 bridgehead atoms. The van der Waals surface area contributed by atoms with Crippen molar-refractivity contribution < 1.29 is 14.3 Å². The second kappa shape index (κ2) is 9.53. The van der Waals surface area contributed by atoms with Crippen molar-refractivity contribution in [2.75, 3.05) is 6.61 Å². The minimum atomic E-state index is -0.758. The molecule has 0 spiro atoms. The van der Waals surface area contributed by atoms with Gasteiger partial charge in [-0.05, 0) is 31.2 Å². The van der Waals surface area contributed by atoms with Crippen LogP contribution in [0.4, 0.5) is 0 Å². The third kappa shape index (κ3) is 5.52. The molecule has 0 saturated heterocycles. The molecule has 1 saturated carbocycles. The molecule has 3 N–H and O–H groups in total. The first-order valence-electron chi connectivity index (χ1n) is 7.88. The van der Waals surface area contributed by atoms with E-state index in [2.05, 4.69) is 5.32 Å². The standard InChI is InChI=1S/C17H24N2O3.ClH/c1-2-22-17(21)16(12-7-4-3-5-8-12)19-15(20)11-13-9-6-10-14(13)18;/h3-5,7-8,13-14,16H,2,6,9-11,18H2,1H3,(H,19,20);1H/t13-,14+,16+;/m0./s1. The van der Waals surface area contributed by atoms with E-state index < -0.39 is 12.0 Å². The molecule has 1 aromatic carbocycles. The fourth-order valence-electron chi connectivity index (χ4n) is 2.93. The van der Waals surface area contributed by atoms with Crippen molar-refractivity contribution in [3.05, 3.63) is 35.9 Å². The number of rotatable bonds is 6. The van der Waals surface area contributed by atoms with Crippen LogP contribution < -0.4 is 11.1 Å². The minimum absolute atomic E-state index is 0. The molecule has 3 atom stereocenters. The van der Waals surface area contributed by atoms with Gasteiger partial charge in [0.2, 0.25) is 5.91 Å². The van der Waals surface area contributed by atoms with Crippen LogP contribution in [0.25, 0.3) is 0 Å². The Morgan fingerprint density at radius 2 is 2.00 bits per heavy atom. The lowest BCUT2D eigenvalue weighted by molar-refractivity contribution is -0.147. The molecule has 0 heterocycles. The molecule has 0 aliphatic heterocycles. The van der Waals surface area contributed by atoms with Crippen molar-refractivity contribution in [2.24, 2.45) is 11.7 Å². The number of hydrogen-bond acceptors (Lipinski definition) is 4. The number of hydrogen-bond donors (Lipinski definition) is 2. The second-order valence-electron chi connectivity index (χ2n) is 5.72. The number of amides is 1. The maximum Gasteiger partial charge on any atom is 0.333 e. The highest BCUT2D eigenvalue weighted by Gasteiger charge is 2.29. The van der Waals surface area contributed by atoms with Crippen LogP contribution in [-0.4, -0.2) is 24.5 Å². The van der Waals surface area contributed by atoms with Crippen LogP contribution in [0.1, 0.15) is 44.2 Å². The predicted molar refractivity (Wildman–Crippen MR) is 91.1 cm³/mol. The lowest BCUT2D eigenvalue weighted by Gasteiger charge is -2.20. The first-order chi connectivity index (χ1) is 10.6. The van der Waals surface area contributed by atoms with Crippen molar-refractivity contribution in [2.45, 2.75) is 44.7 Å². The first kappa shape index (κ1) is 19.5. The summed E-state index contributed by atoms with van der Waals surface area (Å²) < 4.78 is 5.07. The van der Waals surface area contributed by atoms with E-state index in [1.165, 1.54) is 0 Å². The number of nitrogens with two attached hydrogens (primary N) is 1. The summed E-state index contributed by atoms with van der Waals surface area (Å²) in [5.74, 6) is -0.374. The van der Waals surface area contributed by atoms with Crippen LogP contribution in [-0.2, 0) is 14.3 Å². The first-order valence-corrected chi connectivity index (χ1v) is 7.88. The Hall–Kier alpha value is -1.59. The molecule has 5 nitrogen and oxygen atoms in total. The number of esters is 1. The minimum Gasteiger partial charge on any atom is -0.464 e. The average Bonchev–Trinajstić information content (AvgIpc) is 2.91. The molecule has 0 unspecified atom stereocenters. The van der Waals surface area contributed by atoms with Crippen LogP contribution >= 0.6 is 12.4 Å². The van der Waals surface area contributed by atoms with Crippen LogP contribution in [0.5, 0.6) is 0 Å². The highest BCUT2D eigenvalue weighted by Crippen LogP contribution is 2.27. The van der Waals surface area contributed by atoms with Crippen molar-refractivity contribution in [1.29, 1.82) is 0 Å². The normalized spacial score (nSPS) is 21.1. The molecule has 0 aromatic heterocycles. The number of nitrogens with one attached hydrogen (secondary N) is 1. The zero-order valence-electron chi connectivity index (χ0n) is 13.4. The Labute approximate surface area is 143 Å². The smallest absolute Gasteiger partial charge is 0.333 e. The fraction of sp³-hybridized carbons (Fsp3) is 0.529. The maximum atomic E-state index is 12.3. The molecule has 1 aromatic rings. The molecule has 2 rings (SSSR count). The van der Waals surface area contributed by atoms with Crippen molar-refractivity contribution in [3.63, 3.8) is 0 Å². The van der Waals surface area contributed by atoms with Gasteiger partial charge < -0.3 is 15.8 Å². The fourth-order valence-corrected chi connectivity index (χ4v) is 2.93. The summed E-state index contributed by atoms with van der Waals surface area (Å²) in [4.78, 5) is 24.4. The van der Waals surface area contributed by atoms with Gasteiger partial charge in [0, 0.05) is 12.5 Å². The number of carbonyl (C=O) groups excluding carboxylic acids is 2. The van der Waals surface area contributed by atoms with E-state index >= 15 is 0 Å². The van der Waals surface area contributed by atoms with Crippen LogP contribution in [0.3, 0.4) is 0 Å². The summed E-state index contributed by atoms with van der Waals surface area (Å²) in [6.07, 6.45) is 3.38. The average molecular weight is 341 g/mol. The number of ether oxygens (including phenoxy) is 1. The number of halogens is 1. The Kier molecular flexibility index (Phi) is 8.06. The second-order valence-corrected chi connectivity index (χ2v) is 5.72. The highest BCUT2D eigenvalue weighted by atomic mass is 35.5. The third-order valence-electron chi connectivity index (χ3n) is 4.13. The van der Waals surface area contributed by atoms with Gasteiger partial charge in [-0.3, -0.25) is 4.79 Å². The quantitative estimate of drug-likeness (QED) is 0.779. The van der Waals surface area contributed by atoms with Gasteiger partial charge in [-0.1, -0.05) is 36.8 Å². The van der Waals surface area contributed by atoms with Crippen LogP contribution in [0, 0.1) is 5.92 Å². The largest absolute Gasteiger partial charge is 0.464 e. The molecule has 1 aliphatic rings. The van der Waals surface area contributed by atoms with Gasteiger partial charge in [-0.15, -0.1) is 12.4 Å². The van der Waals surface area contributed by atoms with E-state index in [9.17, 15) is 9.59 Å². The zero-order chi connectivity index (χ0) is 15.9. The third-order valence-corrected chi connectivity index (χ3v) is 4.13. The SMILES string of the molecule is CCOC(=O)[C@H](NC(=O)C[C@@H]1CCC[C@H]1N)c1ccccc1.Cl. The van der Waals surface area contributed by atoms with Gasteiger partial charge in [-0.25, -0.2) is 4.79 Å². The molecular weight excluding hydrogens is 316 g/mol. The Balaban J connectivity index is 0.00000264. The highest BCUT2D eigenvalue weighted by molar-refractivity contribution is 5.86. The molecular formula is C17H25ClN2O3. The molecule has 1 aliphatic carbocycles. The van der Waals surface area contributed by atoms with Crippen molar-refractivity contribution >= 4 is 24.3 Å². The molecule has 1 fully saturated rings. The van der Waals surface area contributed by atoms with Gasteiger partial charge in [0.15, 0.2) is 6.04 Å². The Morgan fingerprint density at radius 1 is 1.30 bits per heavy atom. The van der Waals surface area contributed by atoms with Crippen molar-refractivity contribution in [1.82, 2.24) is 5.32 Å². The molecule has 6 heteroatoms. The van der Waals surface area contributed by atoms with E-state index in [4.69, 9.17) is 10.5 Å². The van der Waals surface area contributed by atoms with E-state index in [0.29, 0.717) is 6.42 Å². The van der Waals surface area contributed by atoms with E-state index in [1.807, 2.05) is 30.3 Å². The predicted octanol–water partition coefficient (Wildman–Crippen LogP) is 2.35. The lowest BCUT2D eigenvalue weighted by atomic mass is 9.99. The van der Waals surface area contributed by atoms with Gasteiger partial charge in [0.05, 0.1) is 6.61 Å². The van der Waals surface area contributed by atoms with E-state index in [1.54, 1.807) is 6.92 Å². The molecule has 23 heavy (non-hydrogen) atoms. The Morgan fingerprint density at radius 3 is 2.57 bits per heavy atom. The molecule has 128 valence electrons. The lowest BCUT2D eigenvalue weighted by Crippen LogP contribution is -2.37. The summed E-state index contributed by atoms with van der Waals surface area (Å²) in [7, 11) is 0. The summed E-state index contributed by atoms with van der Waals surface area (Å²) in [5, 5.41) is 2.80. The summed E-state index contributed by atoms with van der Waals surface area (Å²) in [6, 6.07) is 8.48. The van der Waals surface area contributed by atoms with Gasteiger partial charge in [-0.2, -0.15) is 0 Å². The summed E-state index contributed by atoms with van der Waals surface area (Å²) >= 11 is 0. The Bertz CT molecular complexity index is 510. The summed E-state index contributed by atoms with van der Waals surface area (Å²) in [5.41, 5.74) is 6.73. The molecule has 1 amide bonds. The van der Waals surface area contributed by atoms with Crippen molar-refractivity contribution in [3.8, 4) is 0 Å². The van der Waals surface area contributed by atoms with Gasteiger partial charge in [0.25, 0.3) is 0 Å². The number of benzene rings is 1. The van der Waals surface area contributed by atoms with Crippen LogP contribution in [0.2, 0.25) is 0 Å². The van der Waals surface area contributed by atoms with Gasteiger partial charge in [0.1, 0.15) is 0 Å². The summed E-state index contributed by atoms with van der Waals surface area (Å²) in [6.45, 7) is 2.03. The number of carbonyl (C=O) groups is 2. The topological polar surface area (TPSA) is 81.4 Å². The maximum absolute atomic E-state index is 12.3. The van der Waals surface area contributed by atoms with E-state index in [-0.39, 0.29) is 36.9 Å². The van der Waals surface area contributed by atoms with Gasteiger partial charge >= 0.3 is 5.97 Å². The zero-order valence-corrected chi connectivity index (χ0v) is 14.2. The van der Waals surface area contributed by atoms with E-state index in [0.717, 1.165) is 24.8 Å². The molecule has 0 radical (unpaired) electrons.